The number of aromatic nitrogens is 8. The summed E-state index contributed by atoms with van der Waals surface area (Å²) in [5, 5.41) is 19.8. The van der Waals surface area contributed by atoms with Crippen LogP contribution >= 0.6 is 0 Å². The van der Waals surface area contributed by atoms with Crippen molar-refractivity contribution in [1.29, 1.82) is 0 Å². The Hall–Kier alpha value is -12.8. The number of amides is 1. The molecule has 6 aromatic carbocycles. The third-order valence-corrected chi connectivity index (χ3v) is 13.9. The van der Waals surface area contributed by atoms with Gasteiger partial charge >= 0.3 is 5.97 Å². The number of carboxylic acids is 1. The monoisotopic (exact) mass is 1270 g/mol. The first kappa shape index (κ1) is 65.2. The molecule has 4 N–H and O–H groups in total. The summed E-state index contributed by atoms with van der Waals surface area (Å²) in [6.07, 6.45) is 9.35. The Labute approximate surface area is 544 Å². The Bertz CT molecular complexity index is 4710. The molecule has 0 saturated heterocycles. The molecule has 6 heterocycles. The predicted octanol–water partition coefficient (Wildman–Crippen LogP) is 15.0. The summed E-state index contributed by atoms with van der Waals surface area (Å²) < 4.78 is 41.2. The maximum absolute atomic E-state index is 13.5. The molecule has 19 nitrogen and oxygen atoms in total. The number of aromatic carboxylic acids is 1. The highest BCUT2D eigenvalue weighted by Gasteiger charge is 2.21. The highest BCUT2D eigenvalue weighted by atomic mass is 19.1. The van der Waals surface area contributed by atoms with E-state index < -0.39 is 40.1 Å². The lowest BCUT2D eigenvalue weighted by molar-refractivity contribution is 0.0685. The molecule has 0 spiro atoms. The predicted molar refractivity (Wildman–Crippen MR) is 361 cm³/mol. The Morgan fingerprint density at radius 3 is 1.24 bits per heavy atom. The fraction of sp³-hybridized carbons (Fsp3) is 0.0811. The van der Waals surface area contributed by atoms with Gasteiger partial charge < -0.3 is 25.6 Å². The number of anilines is 2. The first-order chi connectivity index (χ1) is 46.0. The van der Waals surface area contributed by atoms with Gasteiger partial charge in [0.1, 0.15) is 46.3 Å². The van der Waals surface area contributed by atoms with E-state index in [1.807, 2.05) is 149 Å². The lowest BCUT2D eigenvalue weighted by atomic mass is 10.0. The maximum atomic E-state index is 13.5. The van der Waals surface area contributed by atoms with E-state index in [0.29, 0.717) is 51.6 Å². The smallest absolute Gasteiger partial charge is 0.360 e. The second kappa shape index (κ2) is 30.8. The Balaban J connectivity index is 0.000000173. The molecular formula is C74H60F2N12O7. The quantitative estimate of drug-likeness (QED) is 0.0717. The zero-order valence-electron chi connectivity index (χ0n) is 51.6. The lowest BCUT2D eigenvalue weighted by Gasteiger charge is -2.14. The van der Waals surface area contributed by atoms with Crippen LogP contribution in [-0.4, -0.2) is 67.9 Å². The number of benzene rings is 6. The molecule has 0 unspecified atom stereocenters. The summed E-state index contributed by atoms with van der Waals surface area (Å²) >= 11 is 0. The topological polar surface area (TPSA) is 257 Å². The van der Waals surface area contributed by atoms with Crippen molar-refractivity contribution in [2.24, 2.45) is 9.98 Å². The molecule has 12 rings (SSSR count). The summed E-state index contributed by atoms with van der Waals surface area (Å²) in [7, 11) is 0. The molecule has 0 saturated carbocycles. The van der Waals surface area contributed by atoms with Gasteiger partial charge in [0, 0.05) is 82.4 Å². The van der Waals surface area contributed by atoms with Crippen LogP contribution in [0.15, 0.2) is 275 Å². The van der Waals surface area contributed by atoms with Crippen molar-refractivity contribution >= 4 is 46.6 Å². The zero-order chi connectivity index (χ0) is 66.8. The van der Waals surface area contributed by atoms with Crippen LogP contribution in [0, 0.1) is 11.6 Å². The Kier molecular flexibility index (Phi) is 21.1. The van der Waals surface area contributed by atoms with Crippen LogP contribution in [0.4, 0.5) is 32.1 Å². The number of hydrogen-bond donors (Lipinski definition) is 3. The maximum Gasteiger partial charge on any atom is 0.360 e. The first-order valence-corrected chi connectivity index (χ1v) is 29.7. The number of carbonyl (C=O) groups excluding carboxylic acids is 1. The molecule has 0 bridgehead atoms. The summed E-state index contributed by atoms with van der Waals surface area (Å²) in [6.45, 7) is 7.38. The normalized spacial score (nSPS) is 10.7. The highest BCUT2D eigenvalue weighted by molar-refractivity contribution is 6.14. The SMILES string of the molecule is CC(C)n1cc(-c2ccc(F)cc2)c(=O)c(C(=O)Nc2ccc(Oc3ccnc(N=C(c4ccccc4)c4ccccc4)c3)cn2)n1.CC(C)n1cc(-c2ccc(F)cc2)c(=O)c(C(=O)O)n1.Nc1ccc(Oc2ccnc(N=C(c3ccccc3)c3ccccc3)c2)cn1. The number of ether oxygens (including phenoxy) is 2. The van der Waals surface area contributed by atoms with Crippen molar-refractivity contribution in [1.82, 2.24) is 39.5 Å². The molecule has 0 aliphatic heterocycles. The van der Waals surface area contributed by atoms with Crippen LogP contribution in [0.3, 0.4) is 0 Å². The van der Waals surface area contributed by atoms with Gasteiger partial charge in [-0.2, -0.15) is 10.2 Å². The molecule has 0 aliphatic carbocycles. The van der Waals surface area contributed by atoms with Gasteiger partial charge in [-0.1, -0.05) is 146 Å². The molecule has 21 heteroatoms. The summed E-state index contributed by atoms with van der Waals surface area (Å²) in [5.41, 5.74) is 10.4. The summed E-state index contributed by atoms with van der Waals surface area (Å²) in [5.74, 6) is 0.836. The summed E-state index contributed by atoms with van der Waals surface area (Å²) in [6, 6.07) is 64.0. The van der Waals surface area contributed by atoms with Gasteiger partial charge in [0.05, 0.1) is 23.8 Å². The van der Waals surface area contributed by atoms with Crippen LogP contribution < -0.4 is 31.4 Å². The van der Waals surface area contributed by atoms with Gasteiger partial charge in [-0.15, -0.1) is 0 Å². The van der Waals surface area contributed by atoms with Crippen molar-refractivity contribution in [2.45, 2.75) is 39.8 Å². The van der Waals surface area contributed by atoms with E-state index in [9.17, 15) is 28.0 Å². The van der Waals surface area contributed by atoms with Crippen LogP contribution in [0.1, 0.15) is 83.0 Å². The van der Waals surface area contributed by atoms with E-state index in [0.717, 1.165) is 33.7 Å². The number of carboxylic acid groups (broad SMARTS) is 1. The molecule has 0 atom stereocenters. The van der Waals surface area contributed by atoms with Gasteiger partial charge in [0.2, 0.25) is 16.6 Å². The fourth-order valence-electron chi connectivity index (χ4n) is 9.17. The van der Waals surface area contributed by atoms with Crippen LogP contribution in [0.2, 0.25) is 0 Å². The molecule has 12 aromatic rings. The second-order valence-electron chi connectivity index (χ2n) is 21.4. The average Bonchev–Trinajstić information content (AvgIpc) is 0.950. The van der Waals surface area contributed by atoms with Crippen molar-refractivity contribution in [3.05, 3.63) is 321 Å². The molecule has 472 valence electrons. The minimum atomic E-state index is -1.38. The minimum absolute atomic E-state index is 0.104. The molecule has 1 amide bonds. The van der Waals surface area contributed by atoms with Gasteiger partial charge in [-0.25, -0.2) is 43.5 Å². The van der Waals surface area contributed by atoms with E-state index in [-0.39, 0.29) is 34.7 Å². The summed E-state index contributed by atoms with van der Waals surface area (Å²) in [4.78, 5) is 76.5. The van der Waals surface area contributed by atoms with Gasteiger partial charge in [-0.05, 0) is 99.5 Å². The van der Waals surface area contributed by atoms with E-state index >= 15 is 0 Å². The number of nitrogen functional groups attached to an aromatic ring is 1. The number of pyridine rings is 4. The average molecular weight is 1270 g/mol. The van der Waals surface area contributed by atoms with Gasteiger partial charge in [0.25, 0.3) is 5.91 Å². The van der Waals surface area contributed by atoms with Crippen molar-refractivity contribution < 1.29 is 33.0 Å². The molecule has 95 heavy (non-hydrogen) atoms. The number of nitrogens with zero attached hydrogens (tertiary/aromatic N) is 10. The standard InChI is InChI=1S/C37H29FN6O3.C23H18N4O.C14H13FN2O3/c1-24(2)44-23-31(25-13-15-28(38)16-14-25)36(45)35(43-44)37(46)42-32-18-17-30(22-40-32)47-29-19-20-39-33(21-29)41-34(26-9-5-3-6-10-26)27-11-7-4-8-12-27;24-21-12-11-20(16-26-21)28-19-13-14-25-22(15-19)27-23(17-7-3-1-4-8-17)18-9-5-2-6-10-18;1-8(2)17-7-11(9-3-5-10(15)6-4-9)13(18)12(16-17)14(19)20/h3-24H,1-2H3,(H,40,42,46);1-16H,(H2,24,26);3-8H,1-2H3,(H,19,20). The van der Waals surface area contributed by atoms with Crippen molar-refractivity contribution in [3.8, 4) is 45.3 Å². The highest BCUT2D eigenvalue weighted by Crippen LogP contribution is 2.28. The number of aliphatic imine (C=N–C) groups is 2. The van der Waals surface area contributed by atoms with E-state index in [1.54, 1.807) is 73.3 Å². The second-order valence-corrected chi connectivity index (χ2v) is 21.4. The molecule has 6 aromatic heterocycles. The molecular weight excluding hydrogens is 1210 g/mol. The van der Waals surface area contributed by atoms with E-state index in [1.165, 1.54) is 70.3 Å². The minimum Gasteiger partial charge on any atom is -0.476 e. The number of rotatable bonds is 17. The molecule has 0 aliphatic rings. The van der Waals surface area contributed by atoms with E-state index in [2.05, 4.69) is 35.5 Å². The number of nitrogens with one attached hydrogen (secondary N) is 1. The van der Waals surface area contributed by atoms with Crippen LogP contribution in [-0.2, 0) is 0 Å². The lowest BCUT2D eigenvalue weighted by Crippen LogP contribution is -2.28. The van der Waals surface area contributed by atoms with Crippen molar-refractivity contribution in [2.75, 3.05) is 11.1 Å². The third kappa shape index (κ3) is 17.4. The van der Waals surface area contributed by atoms with Gasteiger partial charge in [-0.3, -0.25) is 23.7 Å². The first-order valence-electron chi connectivity index (χ1n) is 29.7. The Morgan fingerprint density at radius 2 is 0.874 bits per heavy atom. The Morgan fingerprint density at radius 1 is 0.484 bits per heavy atom. The number of nitrogens with two attached hydrogens (primary N) is 1. The van der Waals surface area contributed by atoms with E-state index in [4.69, 9.17) is 30.3 Å². The van der Waals surface area contributed by atoms with Crippen LogP contribution in [0.25, 0.3) is 22.3 Å². The fourth-order valence-corrected chi connectivity index (χ4v) is 9.17. The number of hydrogen-bond acceptors (Lipinski definition) is 15. The number of halogens is 2. The molecule has 0 fully saturated rings. The zero-order valence-corrected chi connectivity index (χ0v) is 51.6. The third-order valence-electron chi connectivity index (χ3n) is 13.9. The van der Waals surface area contributed by atoms with Crippen LogP contribution in [0.5, 0.6) is 23.0 Å². The van der Waals surface area contributed by atoms with Crippen molar-refractivity contribution in [3.63, 3.8) is 0 Å². The molecule has 0 radical (unpaired) electrons. The van der Waals surface area contributed by atoms with Gasteiger partial charge in [0.15, 0.2) is 17.3 Å². The largest absolute Gasteiger partial charge is 0.476 e. The number of carbonyl (C=O) groups is 2.